The number of carbonyl (C=O) groups excluding carboxylic acids is 1. The van der Waals surface area contributed by atoms with Gasteiger partial charge in [0.2, 0.25) is 0 Å². The molecule has 1 heterocycles. The van der Waals surface area contributed by atoms with Crippen LogP contribution in [0.25, 0.3) is 6.08 Å². The van der Waals surface area contributed by atoms with Gasteiger partial charge in [-0.25, -0.2) is 5.01 Å². The fourth-order valence-corrected chi connectivity index (χ4v) is 5.61. The summed E-state index contributed by atoms with van der Waals surface area (Å²) in [4.78, 5) is 14.0. The van der Waals surface area contributed by atoms with Gasteiger partial charge in [-0.3, -0.25) is 4.79 Å². The molecular weight excluding hydrogens is 472 g/mol. The third-order valence-corrected chi connectivity index (χ3v) is 7.63. The Labute approximate surface area is 225 Å². The summed E-state index contributed by atoms with van der Waals surface area (Å²) in [6, 6.07) is 23.7. The molecule has 1 aliphatic heterocycles. The van der Waals surface area contributed by atoms with Crippen LogP contribution in [0.4, 0.5) is 0 Å². The highest BCUT2D eigenvalue weighted by Crippen LogP contribution is 2.47. The molecule has 5 rings (SSSR count). The topological polar surface area (TPSA) is 51.1 Å². The number of carbonyl (C=O) groups is 1. The van der Waals surface area contributed by atoms with Crippen LogP contribution in [0.5, 0.6) is 11.5 Å². The number of methoxy groups -OCH3 is 2. The minimum absolute atomic E-state index is 0.0164. The maximum atomic E-state index is 14.0. The number of hydrazone groups is 1. The van der Waals surface area contributed by atoms with E-state index in [0.29, 0.717) is 5.56 Å². The molecule has 0 radical (unpaired) electrons. The summed E-state index contributed by atoms with van der Waals surface area (Å²) in [7, 11) is 3.37. The molecule has 1 amide bonds. The first-order chi connectivity index (χ1) is 18.3. The SMILES string of the molecule is COc1ccccc1/C=C1\CCC[C@H]2C1=NN(C(=O)c1ccc(C(C)(C)C)cc1)[C@@H]2c1ccccc1OC. The van der Waals surface area contributed by atoms with E-state index in [4.69, 9.17) is 14.6 Å². The van der Waals surface area contributed by atoms with E-state index in [1.807, 2.05) is 48.5 Å². The molecule has 5 heteroatoms. The van der Waals surface area contributed by atoms with E-state index in [1.165, 1.54) is 5.56 Å². The van der Waals surface area contributed by atoms with Gasteiger partial charge in [0, 0.05) is 22.6 Å². The highest BCUT2D eigenvalue weighted by molar-refractivity contribution is 6.09. The molecule has 0 saturated heterocycles. The summed E-state index contributed by atoms with van der Waals surface area (Å²) < 4.78 is 11.4. The summed E-state index contributed by atoms with van der Waals surface area (Å²) in [5.74, 6) is 1.59. The van der Waals surface area contributed by atoms with E-state index < -0.39 is 0 Å². The predicted octanol–water partition coefficient (Wildman–Crippen LogP) is 7.44. The maximum Gasteiger partial charge on any atom is 0.274 e. The summed E-state index contributed by atoms with van der Waals surface area (Å²) in [6.45, 7) is 6.52. The Morgan fingerprint density at radius 3 is 2.26 bits per heavy atom. The molecule has 2 atom stereocenters. The van der Waals surface area contributed by atoms with Gasteiger partial charge < -0.3 is 9.47 Å². The normalized spacial score (nSPS) is 20.2. The van der Waals surface area contributed by atoms with Gasteiger partial charge in [0.25, 0.3) is 5.91 Å². The first-order valence-corrected chi connectivity index (χ1v) is 13.3. The van der Waals surface area contributed by atoms with Gasteiger partial charge in [-0.1, -0.05) is 69.3 Å². The number of ether oxygens (including phenoxy) is 2. The number of rotatable bonds is 5. The molecular formula is C33H36N2O3. The van der Waals surface area contributed by atoms with E-state index >= 15 is 0 Å². The highest BCUT2D eigenvalue weighted by atomic mass is 16.5. The molecule has 0 N–H and O–H groups in total. The van der Waals surface area contributed by atoms with Crippen molar-refractivity contribution in [3.8, 4) is 11.5 Å². The van der Waals surface area contributed by atoms with Crippen LogP contribution in [-0.2, 0) is 5.41 Å². The predicted molar refractivity (Wildman–Crippen MR) is 153 cm³/mol. The third kappa shape index (κ3) is 4.85. The van der Waals surface area contributed by atoms with Crippen LogP contribution in [0, 0.1) is 5.92 Å². The van der Waals surface area contributed by atoms with Crippen molar-refractivity contribution < 1.29 is 14.3 Å². The molecule has 3 aromatic rings. The van der Waals surface area contributed by atoms with Crippen LogP contribution in [0.3, 0.4) is 0 Å². The molecule has 38 heavy (non-hydrogen) atoms. The number of amides is 1. The Morgan fingerprint density at radius 1 is 0.921 bits per heavy atom. The zero-order valence-electron chi connectivity index (χ0n) is 22.9. The van der Waals surface area contributed by atoms with Gasteiger partial charge in [-0.15, -0.1) is 0 Å². The van der Waals surface area contributed by atoms with E-state index in [2.05, 4.69) is 51.1 Å². The van der Waals surface area contributed by atoms with Crippen molar-refractivity contribution in [2.24, 2.45) is 11.0 Å². The molecule has 1 fully saturated rings. The van der Waals surface area contributed by atoms with Gasteiger partial charge in [0.1, 0.15) is 11.5 Å². The summed E-state index contributed by atoms with van der Waals surface area (Å²) in [5.41, 5.74) is 5.99. The molecule has 196 valence electrons. The van der Waals surface area contributed by atoms with Crippen molar-refractivity contribution in [2.75, 3.05) is 14.2 Å². The molecule has 1 aliphatic carbocycles. The van der Waals surface area contributed by atoms with E-state index in [-0.39, 0.29) is 23.3 Å². The zero-order chi connectivity index (χ0) is 26.9. The lowest BCUT2D eigenvalue weighted by molar-refractivity contribution is 0.0678. The fraction of sp³-hybridized carbons (Fsp3) is 0.333. The van der Waals surface area contributed by atoms with Crippen molar-refractivity contribution in [3.63, 3.8) is 0 Å². The molecule has 0 spiro atoms. The number of hydrogen-bond acceptors (Lipinski definition) is 4. The Hall–Kier alpha value is -3.86. The Bertz CT molecular complexity index is 1380. The van der Waals surface area contributed by atoms with Gasteiger partial charge in [-0.2, -0.15) is 5.10 Å². The second-order valence-corrected chi connectivity index (χ2v) is 11.1. The largest absolute Gasteiger partial charge is 0.496 e. The standard InChI is InChI=1S/C33H36N2O3/c1-33(2,3)25-19-17-22(18-20-25)32(36)35-31(26-13-7-9-16-29(26)38-5)27-14-10-12-24(30(27)34-35)21-23-11-6-8-15-28(23)37-4/h6-9,11,13,15-21,27,31H,10,12,14H2,1-5H3/b24-21+/t27-,31+/m0/s1. The monoisotopic (exact) mass is 508 g/mol. The molecule has 0 unspecified atom stereocenters. The van der Waals surface area contributed by atoms with Crippen LogP contribution >= 0.6 is 0 Å². The average Bonchev–Trinajstić information content (AvgIpc) is 3.33. The zero-order valence-corrected chi connectivity index (χ0v) is 22.9. The molecule has 2 aliphatic rings. The van der Waals surface area contributed by atoms with Gasteiger partial charge in [0.15, 0.2) is 0 Å². The van der Waals surface area contributed by atoms with E-state index in [0.717, 1.165) is 53.2 Å². The summed E-state index contributed by atoms with van der Waals surface area (Å²) in [6.07, 6.45) is 5.07. The second kappa shape index (κ2) is 10.5. The van der Waals surface area contributed by atoms with Crippen molar-refractivity contribution in [1.29, 1.82) is 0 Å². The highest BCUT2D eigenvalue weighted by Gasteiger charge is 2.45. The smallest absolute Gasteiger partial charge is 0.274 e. The minimum atomic E-state index is -0.239. The van der Waals surface area contributed by atoms with E-state index in [9.17, 15) is 4.79 Å². The number of benzene rings is 3. The first kappa shape index (κ1) is 25.8. The molecule has 5 nitrogen and oxygen atoms in total. The molecule has 1 saturated carbocycles. The second-order valence-electron chi connectivity index (χ2n) is 11.1. The van der Waals surface area contributed by atoms with Crippen molar-refractivity contribution in [2.45, 2.75) is 51.5 Å². The quantitative estimate of drug-likeness (QED) is 0.360. The number of fused-ring (bicyclic) bond motifs is 1. The molecule has 3 aromatic carbocycles. The van der Waals surface area contributed by atoms with Gasteiger partial charge in [-0.05, 0) is 66.2 Å². The Kier molecular flexibility index (Phi) is 7.11. The van der Waals surface area contributed by atoms with Crippen LogP contribution in [0.1, 0.15) is 73.1 Å². The first-order valence-electron chi connectivity index (χ1n) is 13.3. The summed E-state index contributed by atoms with van der Waals surface area (Å²) in [5, 5.41) is 6.76. The lowest BCUT2D eigenvalue weighted by atomic mass is 9.77. The van der Waals surface area contributed by atoms with Crippen LogP contribution in [0.2, 0.25) is 0 Å². The van der Waals surface area contributed by atoms with Crippen LogP contribution in [-0.4, -0.2) is 30.8 Å². The van der Waals surface area contributed by atoms with Crippen molar-refractivity contribution >= 4 is 17.7 Å². The number of nitrogens with zero attached hydrogens (tertiary/aromatic N) is 2. The van der Waals surface area contributed by atoms with Crippen molar-refractivity contribution in [1.82, 2.24) is 5.01 Å². The molecule has 0 aromatic heterocycles. The maximum absolute atomic E-state index is 14.0. The summed E-state index contributed by atoms with van der Waals surface area (Å²) >= 11 is 0. The van der Waals surface area contributed by atoms with Crippen molar-refractivity contribution in [3.05, 3.63) is 101 Å². The third-order valence-electron chi connectivity index (χ3n) is 7.63. The van der Waals surface area contributed by atoms with Crippen LogP contribution in [0.15, 0.2) is 83.5 Å². The molecule has 0 bridgehead atoms. The Balaban J connectivity index is 1.59. The van der Waals surface area contributed by atoms with E-state index in [1.54, 1.807) is 19.2 Å². The lowest BCUT2D eigenvalue weighted by Crippen LogP contribution is -2.32. The Morgan fingerprint density at radius 2 is 1.58 bits per heavy atom. The number of allylic oxidation sites excluding steroid dienone is 1. The van der Waals surface area contributed by atoms with Gasteiger partial charge in [0.05, 0.1) is 26.0 Å². The van der Waals surface area contributed by atoms with Crippen LogP contribution < -0.4 is 9.47 Å². The minimum Gasteiger partial charge on any atom is -0.496 e. The van der Waals surface area contributed by atoms with Gasteiger partial charge >= 0.3 is 0 Å². The lowest BCUT2D eigenvalue weighted by Gasteiger charge is -2.30. The number of hydrogen-bond donors (Lipinski definition) is 0. The number of para-hydroxylation sites is 2. The average molecular weight is 509 g/mol. The fourth-order valence-electron chi connectivity index (χ4n) is 5.61.